The molecule has 0 unspecified atom stereocenters. The summed E-state index contributed by atoms with van der Waals surface area (Å²) >= 11 is 0. The number of nitrogens with zero attached hydrogens (tertiary/aromatic N) is 1. The SMILES string of the molecule is c1ccc(N(c2ccc(-c3ccc4ccccc4c3)cc2)c2ccc(-c3cccc4ccccc34)cc2)cc1. The van der Waals surface area contributed by atoms with Gasteiger partial charge in [-0.3, -0.25) is 0 Å². The molecule has 0 aliphatic carbocycles. The molecule has 7 aromatic carbocycles. The minimum Gasteiger partial charge on any atom is -0.311 e. The molecule has 0 spiro atoms. The summed E-state index contributed by atoms with van der Waals surface area (Å²) in [6, 6.07) is 58.7. The highest BCUT2D eigenvalue weighted by molar-refractivity contribution is 5.97. The molecule has 0 aliphatic heterocycles. The second-order valence-electron chi connectivity index (χ2n) is 9.85. The molecule has 39 heavy (non-hydrogen) atoms. The van der Waals surface area contributed by atoms with E-state index in [0.717, 1.165) is 17.1 Å². The molecule has 0 atom stereocenters. The highest BCUT2D eigenvalue weighted by Gasteiger charge is 2.13. The van der Waals surface area contributed by atoms with Gasteiger partial charge < -0.3 is 4.90 Å². The fraction of sp³-hybridized carbons (Fsp3) is 0. The van der Waals surface area contributed by atoms with Gasteiger partial charge in [-0.2, -0.15) is 0 Å². The van der Waals surface area contributed by atoms with Gasteiger partial charge in [0.15, 0.2) is 0 Å². The normalized spacial score (nSPS) is 11.1. The van der Waals surface area contributed by atoms with E-state index in [9.17, 15) is 0 Å². The Labute approximate surface area is 229 Å². The van der Waals surface area contributed by atoms with Crippen molar-refractivity contribution in [3.63, 3.8) is 0 Å². The van der Waals surface area contributed by atoms with Crippen molar-refractivity contribution in [3.05, 3.63) is 164 Å². The van der Waals surface area contributed by atoms with Crippen LogP contribution in [0.4, 0.5) is 17.1 Å². The third-order valence-electron chi connectivity index (χ3n) is 7.45. The topological polar surface area (TPSA) is 3.24 Å². The molecule has 1 nitrogen and oxygen atoms in total. The summed E-state index contributed by atoms with van der Waals surface area (Å²) < 4.78 is 0. The molecule has 0 fully saturated rings. The Morgan fingerprint density at radius 2 is 0.846 bits per heavy atom. The summed E-state index contributed by atoms with van der Waals surface area (Å²) in [4.78, 5) is 2.32. The van der Waals surface area contributed by atoms with Gasteiger partial charge in [-0.25, -0.2) is 0 Å². The third kappa shape index (κ3) is 4.45. The predicted molar refractivity (Wildman–Crippen MR) is 167 cm³/mol. The number of rotatable bonds is 5. The van der Waals surface area contributed by atoms with Gasteiger partial charge in [-0.1, -0.05) is 121 Å². The number of para-hydroxylation sites is 1. The number of benzene rings is 7. The van der Waals surface area contributed by atoms with Crippen LogP contribution in [0.3, 0.4) is 0 Å². The minimum atomic E-state index is 1.13. The average molecular weight is 498 g/mol. The molecule has 1 heteroatoms. The summed E-state index contributed by atoms with van der Waals surface area (Å²) in [5.74, 6) is 0. The van der Waals surface area contributed by atoms with Crippen LogP contribution in [0.5, 0.6) is 0 Å². The van der Waals surface area contributed by atoms with Gasteiger partial charge >= 0.3 is 0 Å². The maximum absolute atomic E-state index is 2.32. The zero-order chi connectivity index (χ0) is 26.0. The zero-order valence-corrected chi connectivity index (χ0v) is 21.5. The number of hydrogen-bond donors (Lipinski definition) is 0. The first-order valence-corrected chi connectivity index (χ1v) is 13.4. The summed E-state index contributed by atoms with van der Waals surface area (Å²) in [5.41, 5.74) is 8.30. The van der Waals surface area contributed by atoms with E-state index in [4.69, 9.17) is 0 Å². The Balaban J connectivity index is 1.26. The predicted octanol–water partition coefficient (Wildman–Crippen LogP) is 10.8. The van der Waals surface area contributed by atoms with Gasteiger partial charge in [0.2, 0.25) is 0 Å². The number of anilines is 3. The van der Waals surface area contributed by atoms with E-state index in [-0.39, 0.29) is 0 Å². The van der Waals surface area contributed by atoms with Gasteiger partial charge in [0.1, 0.15) is 0 Å². The van der Waals surface area contributed by atoms with Crippen molar-refractivity contribution in [1.29, 1.82) is 0 Å². The molecular weight excluding hydrogens is 470 g/mol. The molecule has 0 saturated heterocycles. The monoisotopic (exact) mass is 497 g/mol. The van der Waals surface area contributed by atoms with Crippen molar-refractivity contribution < 1.29 is 0 Å². The molecular formula is C38H27N. The van der Waals surface area contributed by atoms with Crippen LogP contribution in [-0.2, 0) is 0 Å². The Morgan fingerprint density at radius 1 is 0.308 bits per heavy atom. The van der Waals surface area contributed by atoms with Crippen LogP contribution in [0.25, 0.3) is 43.8 Å². The smallest absolute Gasteiger partial charge is 0.0462 e. The second-order valence-corrected chi connectivity index (χ2v) is 9.85. The van der Waals surface area contributed by atoms with E-state index in [1.165, 1.54) is 43.8 Å². The van der Waals surface area contributed by atoms with E-state index < -0.39 is 0 Å². The quantitative estimate of drug-likeness (QED) is 0.229. The van der Waals surface area contributed by atoms with E-state index in [1.807, 2.05) is 0 Å². The van der Waals surface area contributed by atoms with Crippen molar-refractivity contribution >= 4 is 38.6 Å². The van der Waals surface area contributed by atoms with Crippen molar-refractivity contribution in [2.75, 3.05) is 4.90 Å². The van der Waals surface area contributed by atoms with Crippen LogP contribution >= 0.6 is 0 Å². The van der Waals surface area contributed by atoms with Crippen LogP contribution in [0.2, 0.25) is 0 Å². The third-order valence-corrected chi connectivity index (χ3v) is 7.45. The molecule has 0 amide bonds. The lowest BCUT2D eigenvalue weighted by molar-refractivity contribution is 1.28. The van der Waals surface area contributed by atoms with Gasteiger partial charge in [0.05, 0.1) is 0 Å². The Hall–Kier alpha value is -5.14. The van der Waals surface area contributed by atoms with Crippen LogP contribution in [0.15, 0.2) is 164 Å². The number of hydrogen-bond acceptors (Lipinski definition) is 1. The van der Waals surface area contributed by atoms with Crippen molar-refractivity contribution in [2.24, 2.45) is 0 Å². The first-order valence-electron chi connectivity index (χ1n) is 13.4. The van der Waals surface area contributed by atoms with Crippen LogP contribution in [-0.4, -0.2) is 0 Å². The fourth-order valence-corrected chi connectivity index (χ4v) is 5.46. The number of fused-ring (bicyclic) bond motifs is 2. The first-order chi connectivity index (χ1) is 19.3. The molecule has 0 aromatic heterocycles. The zero-order valence-electron chi connectivity index (χ0n) is 21.5. The molecule has 7 aromatic rings. The van der Waals surface area contributed by atoms with Crippen LogP contribution in [0.1, 0.15) is 0 Å². The summed E-state index contributed by atoms with van der Waals surface area (Å²) in [7, 11) is 0. The van der Waals surface area contributed by atoms with E-state index in [1.54, 1.807) is 0 Å². The standard InChI is InChI=1S/C38H27N/c1-2-13-34(14-3-1)39(35-23-19-29(20-24-35)33-18-17-28-9-4-5-11-32(28)27-33)36-25-21-31(22-26-36)38-16-8-12-30-10-6-7-15-37(30)38/h1-27H. The molecule has 0 saturated carbocycles. The average Bonchev–Trinajstić information content (AvgIpc) is 3.02. The van der Waals surface area contributed by atoms with Gasteiger partial charge in [0, 0.05) is 17.1 Å². The summed E-state index contributed by atoms with van der Waals surface area (Å²) in [6.07, 6.45) is 0. The fourth-order valence-electron chi connectivity index (χ4n) is 5.46. The van der Waals surface area contributed by atoms with Gasteiger partial charge in [0.25, 0.3) is 0 Å². The Kier molecular flexibility index (Phi) is 5.88. The molecule has 0 radical (unpaired) electrons. The minimum absolute atomic E-state index is 1.13. The summed E-state index contributed by atoms with van der Waals surface area (Å²) in [6.45, 7) is 0. The Morgan fingerprint density at radius 3 is 1.59 bits per heavy atom. The van der Waals surface area contributed by atoms with E-state index in [2.05, 4.69) is 169 Å². The second kappa shape index (κ2) is 9.96. The molecule has 0 heterocycles. The van der Waals surface area contributed by atoms with Gasteiger partial charge in [-0.15, -0.1) is 0 Å². The van der Waals surface area contributed by atoms with E-state index in [0.29, 0.717) is 0 Å². The van der Waals surface area contributed by atoms with Gasteiger partial charge in [-0.05, 0) is 86.3 Å². The molecule has 7 rings (SSSR count). The van der Waals surface area contributed by atoms with Crippen molar-refractivity contribution in [1.82, 2.24) is 0 Å². The van der Waals surface area contributed by atoms with Crippen molar-refractivity contribution in [3.8, 4) is 22.3 Å². The largest absolute Gasteiger partial charge is 0.311 e. The maximum Gasteiger partial charge on any atom is 0.0462 e. The maximum atomic E-state index is 2.32. The highest BCUT2D eigenvalue weighted by Crippen LogP contribution is 2.37. The van der Waals surface area contributed by atoms with Crippen molar-refractivity contribution in [2.45, 2.75) is 0 Å². The van der Waals surface area contributed by atoms with Crippen LogP contribution in [0, 0.1) is 0 Å². The molecule has 0 N–H and O–H groups in total. The summed E-state index contributed by atoms with van der Waals surface area (Å²) in [5, 5.41) is 5.06. The lowest BCUT2D eigenvalue weighted by Crippen LogP contribution is -2.09. The van der Waals surface area contributed by atoms with E-state index >= 15 is 0 Å². The molecule has 184 valence electrons. The van der Waals surface area contributed by atoms with Crippen LogP contribution < -0.4 is 4.90 Å². The molecule has 0 bridgehead atoms. The molecule has 0 aliphatic rings. The Bertz CT molecular complexity index is 1880. The highest BCUT2D eigenvalue weighted by atomic mass is 15.1. The lowest BCUT2D eigenvalue weighted by atomic mass is 9.98. The first kappa shape index (κ1) is 23.0. The lowest BCUT2D eigenvalue weighted by Gasteiger charge is -2.26.